The first-order valence-corrected chi connectivity index (χ1v) is 12.2. The topological polar surface area (TPSA) is 108 Å². The Labute approximate surface area is 188 Å². The summed E-state index contributed by atoms with van der Waals surface area (Å²) in [5, 5.41) is 12.2. The zero-order valence-corrected chi connectivity index (χ0v) is 18.7. The number of rotatable bonds is 6. The molecule has 0 N–H and O–H groups in total. The van der Waals surface area contributed by atoms with Gasteiger partial charge in [0.2, 0.25) is 10.0 Å². The number of halogens is 1. The lowest BCUT2D eigenvalue weighted by molar-refractivity contribution is -0.388. The van der Waals surface area contributed by atoms with E-state index < -0.39 is 14.9 Å². The van der Waals surface area contributed by atoms with Crippen molar-refractivity contribution in [2.45, 2.75) is 22.2 Å². The number of morpholine rings is 1. The van der Waals surface area contributed by atoms with E-state index in [1.54, 1.807) is 12.1 Å². The van der Waals surface area contributed by atoms with Crippen molar-refractivity contribution in [1.82, 2.24) is 4.31 Å². The molecule has 1 saturated heterocycles. The molecular formula is C19H19ClN2O7S2. The quantitative estimate of drug-likeness (QED) is 0.347. The molecule has 0 amide bonds. The smallest absolute Gasteiger partial charge is 0.284 e. The van der Waals surface area contributed by atoms with Gasteiger partial charge in [-0.25, -0.2) is 8.42 Å². The van der Waals surface area contributed by atoms with Crippen molar-refractivity contribution in [3.63, 3.8) is 0 Å². The SMILES string of the molecule is O=[N+]([O-])c1cc(S(=O)(=O)N2CCOCC2)ccc1SCc1cc(Cl)cc2c1OCOC2. The third-order valence-electron chi connectivity index (χ3n) is 4.87. The average molecular weight is 487 g/mol. The number of fused-ring (bicyclic) bond motifs is 1. The largest absolute Gasteiger partial charge is 0.467 e. The van der Waals surface area contributed by atoms with Gasteiger partial charge in [0.25, 0.3) is 5.69 Å². The predicted molar refractivity (Wildman–Crippen MR) is 114 cm³/mol. The fraction of sp³-hybridized carbons (Fsp3) is 0.368. The number of hydrogen-bond acceptors (Lipinski definition) is 8. The molecule has 0 bridgehead atoms. The highest BCUT2D eigenvalue weighted by Crippen LogP contribution is 2.38. The van der Waals surface area contributed by atoms with Gasteiger partial charge >= 0.3 is 0 Å². The molecule has 4 rings (SSSR count). The van der Waals surface area contributed by atoms with E-state index >= 15 is 0 Å². The number of nitro groups is 1. The lowest BCUT2D eigenvalue weighted by atomic mass is 10.1. The third kappa shape index (κ3) is 4.81. The van der Waals surface area contributed by atoms with Gasteiger partial charge in [-0.05, 0) is 24.3 Å². The normalized spacial score (nSPS) is 17.1. The highest BCUT2D eigenvalue weighted by atomic mass is 35.5. The minimum Gasteiger partial charge on any atom is -0.467 e. The van der Waals surface area contributed by atoms with E-state index in [9.17, 15) is 18.5 Å². The van der Waals surface area contributed by atoms with Crippen LogP contribution in [0.4, 0.5) is 5.69 Å². The van der Waals surface area contributed by atoms with Crippen LogP contribution in [0.15, 0.2) is 40.1 Å². The number of nitro benzene ring substituents is 1. The highest BCUT2D eigenvalue weighted by molar-refractivity contribution is 7.98. The second-order valence-corrected chi connectivity index (χ2v) is 10.2. The van der Waals surface area contributed by atoms with Crippen molar-refractivity contribution in [3.8, 4) is 5.75 Å². The average Bonchev–Trinajstić information content (AvgIpc) is 2.77. The zero-order valence-electron chi connectivity index (χ0n) is 16.3. The van der Waals surface area contributed by atoms with Crippen LogP contribution in [0.2, 0.25) is 5.02 Å². The molecule has 2 aliphatic rings. The number of ether oxygens (including phenoxy) is 3. The molecule has 0 saturated carbocycles. The summed E-state index contributed by atoms with van der Waals surface area (Å²) in [4.78, 5) is 11.4. The van der Waals surface area contributed by atoms with Crippen molar-refractivity contribution in [2.24, 2.45) is 0 Å². The second kappa shape index (κ2) is 9.31. The molecule has 166 valence electrons. The summed E-state index contributed by atoms with van der Waals surface area (Å²) >= 11 is 7.40. The fourth-order valence-corrected chi connectivity index (χ4v) is 6.04. The van der Waals surface area contributed by atoms with Crippen LogP contribution in [-0.2, 0) is 31.9 Å². The maximum Gasteiger partial charge on any atom is 0.284 e. The minimum atomic E-state index is -3.83. The highest BCUT2D eigenvalue weighted by Gasteiger charge is 2.29. The Balaban J connectivity index is 1.60. The van der Waals surface area contributed by atoms with Gasteiger partial charge < -0.3 is 14.2 Å². The minimum absolute atomic E-state index is 0.105. The third-order valence-corrected chi connectivity index (χ3v) is 8.09. The van der Waals surface area contributed by atoms with E-state index in [0.29, 0.717) is 41.2 Å². The van der Waals surface area contributed by atoms with Crippen molar-refractivity contribution in [1.29, 1.82) is 0 Å². The lowest BCUT2D eigenvalue weighted by Crippen LogP contribution is -2.40. The van der Waals surface area contributed by atoms with Gasteiger partial charge in [0.15, 0.2) is 6.79 Å². The lowest BCUT2D eigenvalue weighted by Gasteiger charge is -2.26. The Morgan fingerprint density at radius 1 is 1.16 bits per heavy atom. The summed E-state index contributed by atoms with van der Waals surface area (Å²) in [6.07, 6.45) is 0. The van der Waals surface area contributed by atoms with E-state index in [0.717, 1.165) is 17.2 Å². The van der Waals surface area contributed by atoms with Gasteiger partial charge in [-0.2, -0.15) is 4.31 Å². The van der Waals surface area contributed by atoms with Gasteiger partial charge in [-0.15, -0.1) is 11.8 Å². The van der Waals surface area contributed by atoms with Crippen LogP contribution in [0.3, 0.4) is 0 Å². The van der Waals surface area contributed by atoms with Crippen LogP contribution in [0, 0.1) is 10.1 Å². The van der Waals surface area contributed by atoms with E-state index in [2.05, 4.69) is 0 Å². The van der Waals surface area contributed by atoms with Gasteiger partial charge in [-0.1, -0.05) is 11.6 Å². The van der Waals surface area contributed by atoms with Crippen molar-refractivity contribution in [2.75, 3.05) is 33.1 Å². The number of nitrogens with zero attached hydrogens (tertiary/aromatic N) is 2. The van der Waals surface area contributed by atoms with E-state index in [1.807, 2.05) is 0 Å². The Kier molecular flexibility index (Phi) is 6.70. The number of benzene rings is 2. The van der Waals surface area contributed by atoms with Crippen LogP contribution in [0.5, 0.6) is 5.75 Å². The first-order chi connectivity index (χ1) is 14.9. The fourth-order valence-electron chi connectivity index (χ4n) is 3.38. The van der Waals surface area contributed by atoms with Gasteiger partial charge in [-0.3, -0.25) is 10.1 Å². The summed E-state index contributed by atoms with van der Waals surface area (Å²) in [7, 11) is -3.83. The van der Waals surface area contributed by atoms with Crippen molar-refractivity contribution >= 4 is 39.1 Å². The molecule has 0 unspecified atom stereocenters. The van der Waals surface area contributed by atoms with Crippen LogP contribution in [0.25, 0.3) is 0 Å². The second-order valence-electron chi connectivity index (χ2n) is 6.86. The summed E-state index contributed by atoms with van der Waals surface area (Å²) in [5.74, 6) is 1.02. The van der Waals surface area contributed by atoms with E-state index in [-0.39, 0.29) is 30.5 Å². The van der Waals surface area contributed by atoms with Crippen molar-refractivity contribution in [3.05, 3.63) is 56.6 Å². The first kappa shape index (κ1) is 22.3. The molecule has 2 aromatic carbocycles. The molecule has 0 atom stereocenters. The van der Waals surface area contributed by atoms with Gasteiger partial charge in [0.05, 0.1) is 34.5 Å². The molecule has 12 heteroatoms. The molecule has 1 fully saturated rings. The number of hydrogen-bond donors (Lipinski definition) is 0. The summed E-state index contributed by atoms with van der Waals surface area (Å²) < 4.78 is 43.0. The summed E-state index contributed by atoms with van der Waals surface area (Å²) in [6, 6.07) is 7.50. The maximum atomic E-state index is 12.8. The standard InChI is InChI=1S/C19H19ClN2O7S2/c20-15-7-13-10-28-12-29-19(13)14(8-15)11-30-18-2-1-16(9-17(18)22(23)24)31(25,26)21-3-5-27-6-4-21/h1-2,7-9H,3-6,10-12H2. The Hall–Kier alpha value is -1.89. The zero-order chi connectivity index (χ0) is 22.0. The van der Waals surface area contributed by atoms with E-state index in [1.165, 1.54) is 28.2 Å². The molecule has 0 spiro atoms. The molecule has 9 nitrogen and oxygen atoms in total. The molecule has 0 aromatic heterocycles. The van der Waals surface area contributed by atoms with Crippen molar-refractivity contribution < 1.29 is 27.6 Å². The summed E-state index contributed by atoms with van der Waals surface area (Å²) in [6.45, 7) is 1.54. The number of thioether (sulfide) groups is 1. The molecule has 0 aliphatic carbocycles. The monoisotopic (exact) mass is 486 g/mol. The Morgan fingerprint density at radius 2 is 1.94 bits per heavy atom. The van der Waals surface area contributed by atoms with E-state index in [4.69, 9.17) is 25.8 Å². The molecule has 0 radical (unpaired) electrons. The van der Waals surface area contributed by atoms with Gasteiger partial charge in [0.1, 0.15) is 5.75 Å². The molecule has 2 aromatic rings. The molecular weight excluding hydrogens is 468 g/mol. The van der Waals surface area contributed by atoms with Crippen LogP contribution < -0.4 is 4.74 Å². The number of sulfonamides is 1. The van der Waals surface area contributed by atoms with Crippen LogP contribution in [-0.4, -0.2) is 50.7 Å². The first-order valence-electron chi connectivity index (χ1n) is 9.37. The predicted octanol–water partition coefficient (Wildman–Crippen LogP) is 3.43. The molecule has 2 heterocycles. The van der Waals surface area contributed by atoms with Gasteiger partial charge in [0, 0.05) is 41.1 Å². The van der Waals surface area contributed by atoms with Crippen LogP contribution in [0.1, 0.15) is 11.1 Å². The molecule has 2 aliphatic heterocycles. The maximum absolute atomic E-state index is 12.8. The Morgan fingerprint density at radius 3 is 2.68 bits per heavy atom. The Bertz CT molecular complexity index is 1100. The summed E-state index contributed by atoms with van der Waals surface area (Å²) in [5.41, 5.74) is 1.34. The van der Waals surface area contributed by atoms with Crippen LogP contribution >= 0.6 is 23.4 Å². The molecule has 31 heavy (non-hydrogen) atoms.